The Hall–Kier alpha value is -4.72. The van der Waals surface area contributed by atoms with Gasteiger partial charge in [0.2, 0.25) is 0 Å². The van der Waals surface area contributed by atoms with Crippen LogP contribution >= 0.6 is 0 Å². The zero-order valence-corrected chi connectivity index (χ0v) is 23.8. The highest BCUT2D eigenvalue weighted by atomic mass is 28.3. The lowest BCUT2D eigenvalue weighted by Gasteiger charge is -2.28. The summed E-state index contributed by atoms with van der Waals surface area (Å²) in [6.07, 6.45) is 4.23. The lowest BCUT2D eigenvalue weighted by molar-refractivity contribution is 1.58. The minimum absolute atomic E-state index is 1.13. The van der Waals surface area contributed by atoms with Gasteiger partial charge in [-0.1, -0.05) is 177 Å². The number of hydrogen-bond acceptors (Lipinski definition) is 0. The first-order valence-electron chi connectivity index (χ1n) is 13.8. The Morgan fingerprint density at radius 2 is 0.800 bits per heavy atom. The van der Waals surface area contributed by atoms with Gasteiger partial charge in [-0.25, -0.2) is 0 Å². The first-order valence-corrected chi connectivity index (χ1v) is 16.4. The van der Waals surface area contributed by atoms with Crippen molar-refractivity contribution < 1.29 is 0 Å². The van der Waals surface area contributed by atoms with Gasteiger partial charge in [-0.2, -0.15) is 0 Å². The molecule has 0 aromatic heterocycles. The highest BCUT2D eigenvalue weighted by molar-refractivity contribution is 7.17. The van der Waals surface area contributed by atoms with Crippen molar-refractivity contribution in [3.63, 3.8) is 0 Å². The molecule has 40 heavy (non-hydrogen) atoms. The minimum atomic E-state index is -2.46. The molecule has 0 saturated carbocycles. The molecule has 0 atom stereocenters. The van der Waals surface area contributed by atoms with Crippen LogP contribution in [0.25, 0.3) is 33.7 Å². The van der Waals surface area contributed by atoms with Crippen molar-refractivity contribution >= 4 is 41.8 Å². The standard InChI is InChI=1S/C39H32Si/c1-3-30-24-26-31(27-25-30)28-29-40(2)38(34-20-12-6-13-21-34)36(32-16-8-4-9-17-32)37(33-18-10-5-11-19-33)39(40)35-22-14-7-15-23-35/h3-29H,1H2,2H3/b29-28-. The average Bonchev–Trinajstić information content (AvgIpc) is 3.31. The van der Waals surface area contributed by atoms with E-state index in [1.165, 1.54) is 49.4 Å². The second kappa shape index (κ2) is 11.2. The molecule has 0 N–H and O–H groups in total. The fraction of sp³-hybridized carbons (Fsp3) is 0.0256. The Labute approximate surface area is 239 Å². The lowest BCUT2D eigenvalue weighted by Crippen LogP contribution is -2.31. The number of benzene rings is 5. The van der Waals surface area contributed by atoms with Crippen LogP contribution < -0.4 is 0 Å². The molecule has 1 aliphatic heterocycles. The summed E-state index contributed by atoms with van der Waals surface area (Å²) in [5.74, 6) is 0. The van der Waals surface area contributed by atoms with Crippen LogP contribution in [0.2, 0.25) is 6.55 Å². The van der Waals surface area contributed by atoms with Crippen molar-refractivity contribution in [1.29, 1.82) is 0 Å². The smallest absolute Gasteiger partial charge is 0.0985 e. The highest BCUT2D eigenvalue weighted by Gasteiger charge is 2.45. The van der Waals surface area contributed by atoms with E-state index in [0.717, 1.165) is 5.56 Å². The quantitative estimate of drug-likeness (QED) is 0.184. The molecule has 0 amide bonds. The van der Waals surface area contributed by atoms with Crippen LogP contribution in [0.5, 0.6) is 0 Å². The molecule has 1 aliphatic rings. The maximum atomic E-state index is 3.92. The van der Waals surface area contributed by atoms with E-state index in [4.69, 9.17) is 0 Å². The van der Waals surface area contributed by atoms with Gasteiger partial charge in [0.15, 0.2) is 0 Å². The summed E-state index contributed by atoms with van der Waals surface area (Å²) in [4.78, 5) is 0. The van der Waals surface area contributed by atoms with Crippen molar-refractivity contribution in [2.24, 2.45) is 0 Å². The molecule has 0 radical (unpaired) electrons. The largest absolute Gasteiger partial charge is 0.141 e. The summed E-state index contributed by atoms with van der Waals surface area (Å²) in [5, 5.41) is 2.91. The second-order valence-corrected chi connectivity index (χ2v) is 14.1. The lowest BCUT2D eigenvalue weighted by atomic mass is 9.89. The Kier molecular flexibility index (Phi) is 7.14. The highest BCUT2D eigenvalue weighted by Crippen LogP contribution is 2.56. The van der Waals surface area contributed by atoms with E-state index >= 15 is 0 Å². The monoisotopic (exact) mass is 528 g/mol. The third kappa shape index (κ3) is 4.77. The van der Waals surface area contributed by atoms with Gasteiger partial charge in [0.25, 0.3) is 0 Å². The van der Waals surface area contributed by atoms with E-state index in [-0.39, 0.29) is 0 Å². The molecule has 0 bridgehead atoms. The fourth-order valence-electron chi connectivity index (χ4n) is 5.95. The zero-order chi connectivity index (χ0) is 27.4. The number of allylic oxidation sites excluding steroid dienone is 2. The summed E-state index contributed by atoms with van der Waals surface area (Å²) in [6, 6.07) is 52.6. The molecular weight excluding hydrogens is 497 g/mol. The van der Waals surface area contributed by atoms with Crippen LogP contribution in [-0.4, -0.2) is 8.07 Å². The van der Waals surface area contributed by atoms with Crippen LogP contribution in [-0.2, 0) is 0 Å². The normalized spacial score (nSPS) is 14.6. The predicted octanol–water partition coefficient (Wildman–Crippen LogP) is 10.3. The molecule has 5 aromatic carbocycles. The second-order valence-electron chi connectivity index (χ2n) is 10.4. The molecule has 0 unspecified atom stereocenters. The van der Waals surface area contributed by atoms with E-state index in [0.29, 0.717) is 0 Å². The molecule has 0 nitrogen and oxygen atoms in total. The van der Waals surface area contributed by atoms with E-state index in [1.807, 2.05) is 6.08 Å². The summed E-state index contributed by atoms with van der Waals surface area (Å²) in [6.45, 7) is 6.44. The molecule has 1 heteroatoms. The zero-order valence-electron chi connectivity index (χ0n) is 22.8. The molecule has 1 heterocycles. The van der Waals surface area contributed by atoms with Crippen LogP contribution in [0.3, 0.4) is 0 Å². The molecule has 0 spiro atoms. The average molecular weight is 529 g/mol. The predicted molar refractivity (Wildman–Crippen MR) is 177 cm³/mol. The van der Waals surface area contributed by atoms with E-state index < -0.39 is 8.07 Å². The van der Waals surface area contributed by atoms with Gasteiger partial charge in [0.1, 0.15) is 8.07 Å². The van der Waals surface area contributed by atoms with Crippen molar-refractivity contribution in [2.45, 2.75) is 6.55 Å². The molecule has 6 rings (SSSR count). The molecular formula is C39H32Si. The molecule has 0 fully saturated rings. The Bertz CT molecular complexity index is 1610. The van der Waals surface area contributed by atoms with Gasteiger partial charge in [-0.05, 0) is 54.9 Å². The fourth-order valence-corrected chi connectivity index (χ4v) is 10.2. The van der Waals surface area contributed by atoms with Gasteiger partial charge in [0.05, 0.1) is 0 Å². The van der Waals surface area contributed by atoms with Crippen LogP contribution in [0, 0.1) is 0 Å². The molecule has 192 valence electrons. The SMILES string of the molecule is C=Cc1ccc(/C=C\[Si]2(C)C(c3ccccc3)=C(c3ccccc3)C(c3ccccc3)=C2c2ccccc2)cc1. The number of rotatable bonds is 7. The van der Waals surface area contributed by atoms with Gasteiger partial charge < -0.3 is 0 Å². The van der Waals surface area contributed by atoms with E-state index in [2.05, 4.69) is 170 Å². The Balaban J connectivity index is 1.71. The summed E-state index contributed by atoms with van der Waals surface area (Å²) < 4.78 is 0. The Morgan fingerprint density at radius 1 is 0.450 bits per heavy atom. The first-order chi connectivity index (χ1) is 19.7. The molecule has 5 aromatic rings. The van der Waals surface area contributed by atoms with E-state index in [9.17, 15) is 0 Å². The van der Waals surface area contributed by atoms with Gasteiger partial charge in [-0.3, -0.25) is 0 Å². The maximum absolute atomic E-state index is 3.92. The van der Waals surface area contributed by atoms with Crippen molar-refractivity contribution in [3.8, 4) is 0 Å². The third-order valence-electron chi connectivity index (χ3n) is 7.82. The summed E-state index contributed by atoms with van der Waals surface area (Å²) >= 11 is 0. The van der Waals surface area contributed by atoms with Gasteiger partial charge >= 0.3 is 0 Å². The van der Waals surface area contributed by atoms with E-state index in [1.54, 1.807) is 0 Å². The molecule has 0 aliphatic carbocycles. The topological polar surface area (TPSA) is 0 Å². The summed E-state index contributed by atoms with van der Waals surface area (Å²) in [5.41, 5.74) is 12.7. The van der Waals surface area contributed by atoms with Crippen LogP contribution in [0.1, 0.15) is 33.4 Å². The van der Waals surface area contributed by atoms with Crippen molar-refractivity contribution in [2.75, 3.05) is 0 Å². The maximum Gasteiger partial charge on any atom is 0.141 e. The third-order valence-corrected chi connectivity index (χ3v) is 11.8. The van der Waals surface area contributed by atoms with Crippen LogP contribution in [0.15, 0.2) is 158 Å². The first kappa shape index (κ1) is 25.5. The van der Waals surface area contributed by atoms with Crippen LogP contribution in [0.4, 0.5) is 0 Å². The Morgan fingerprint density at radius 3 is 1.18 bits per heavy atom. The number of hydrogen-bond donors (Lipinski definition) is 0. The van der Waals surface area contributed by atoms with Crippen molar-refractivity contribution in [3.05, 3.63) is 191 Å². The molecule has 0 saturated heterocycles. The van der Waals surface area contributed by atoms with Crippen molar-refractivity contribution in [1.82, 2.24) is 0 Å². The van der Waals surface area contributed by atoms with Gasteiger partial charge in [-0.15, -0.1) is 0 Å². The summed E-state index contributed by atoms with van der Waals surface area (Å²) in [7, 11) is -2.46. The van der Waals surface area contributed by atoms with Gasteiger partial charge in [0, 0.05) is 0 Å². The minimum Gasteiger partial charge on any atom is -0.0985 e.